The minimum Gasteiger partial charge on any atom is -0.454 e. The summed E-state index contributed by atoms with van der Waals surface area (Å²) >= 11 is 0. The summed E-state index contributed by atoms with van der Waals surface area (Å²) in [6.07, 6.45) is 0. The number of aliphatic imine (C=N–C) groups is 1. The maximum absolute atomic E-state index is 12.3. The van der Waals surface area contributed by atoms with Crippen LogP contribution < -0.4 is 9.47 Å². The molecule has 0 aliphatic carbocycles. The zero-order chi connectivity index (χ0) is 14.5. The number of ether oxygens (including phenoxy) is 2. The summed E-state index contributed by atoms with van der Waals surface area (Å²) in [4.78, 5) is 22.1. The topological polar surface area (TPSA) is 60.4 Å². The number of amidine groups is 1. The van der Waals surface area contributed by atoms with Crippen molar-refractivity contribution in [1.29, 1.82) is 0 Å². The van der Waals surface area contributed by atoms with E-state index in [2.05, 4.69) is 4.99 Å². The van der Waals surface area contributed by atoms with Gasteiger partial charge in [-0.3, -0.25) is 14.6 Å². The number of rotatable bonds is 1. The Bertz CT molecular complexity index is 616. The van der Waals surface area contributed by atoms with Gasteiger partial charge in [-0.15, -0.1) is 0 Å². The van der Waals surface area contributed by atoms with E-state index in [0.717, 1.165) is 0 Å². The molecule has 6 heteroatoms. The molecular weight excluding hydrogens is 260 g/mol. The summed E-state index contributed by atoms with van der Waals surface area (Å²) in [5, 5.41) is 1.20. The van der Waals surface area contributed by atoms with Crippen LogP contribution in [0.2, 0.25) is 0 Å². The molecular formula is C14H16N2O4. The fourth-order valence-corrected chi connectivity index (χ4v) is 2.21. The Morgan fingerprint density at radius 2 is 1.80 bits per heavy atom. The van der Waals surface area contributed by atoms with Gasteiger partial charge >= 0.3 is 0 Å². The Morgan fingerprint density at radius 3 is 2.35 bits per heavy atom. The number of fused-ring (bicyclic) bond motifs is 2. The number of hydrogen-bond acceptors (Lipinski definition) is 5. The Morgan fingerprint density at radius 1 is 1.20 bits per heavy atom. The van der Waals surface area contributed by atoms with E-state index in [-0.39, 0.29) is 18.2 Å². The molecule has 2 heterocycles. The van der Waals surface area contributed by atoms with Crippen molar-refractivity contribution in [2.45, 2.75) is 26.3 Å². The van der Waals surface area contributed by atoms with Crippen LogP contribution in [0.4, 0.5) is 0 Å². The van der Waals surface area contributed by atoms with Gasteiger partial charge in [-0.25, -0.2) is 0 Å². The summed E-state index contributed by atoms with van der Waals surface area (Å²) < 4.78 is 10.7. The summed E-state index contributed by atoms with van der Waals surface area (Å²) in [7, 11) is 1.45. The first-order chi connectivity index (χ1) is 9.40. The van der Waals surface area contributed by atoms with Crippen LogP contribution in [0.1, 0.15) is 36.7 Å². The van der Waals surface area contributed by atoms with Crippen molar-refractivity contribution in [3.8, 4) is 11.5 Å². The van der Waals surface area contributed by atoms with Gasteiger partial charge in [0, 0.05) is 5.56 Å². The van der Waals surface area contributed by atoms with Gasteiger partial charge in [0.15, 0.2) is 17.3 Å². The predicted octanol–water partition coefficient (Wildman–Crippen LogP) is 1.98. The van der Waals surface area contributed by atoms with Crippen LogP contribution in [0.3, 0.4) is 0 Å². The van der Waals surface area contributed by atoms with E-state index in [1.807, 2.05) is 20.8 Å². The van der Waals surface area contributed by atoms with Crippen molar-refractivity contribution in [3.05, 3.63) is 23.3 Å². The Labute approximate surface area is 116 Å². The first kappa shape index (κ1) is 12.9. The second-order valence-electron chi connectivity index (χ2n) is 5.64. The molecule has 0 saturated heterocycles. The number of carbonyl (C=O) groups excluding carboxylic acids is 1. The maximum Gasteiger partial charge on any atom is 0.284 e. The molecule has 2 aliphatic heterocycles. The molecule has 0 aromatic heterocycles. The van der Waals surface area contributed by atoms with Crippen molar-refractivity contribution in [2.24, 2.45) is 4.99 Å². The monoisotopic (exact) mass is 276 g/mol. The van der Waals surface area contributed by atoms with Crippen molar-refractivity contribution in [2.75, 3.05) is 13.9 Å². The molecule has 1 aromatic rings. The lowest BCUT2D eigenvalue weighted by Crippen LogP contribution is -2.31. The predicted molar refractivity (Wildman–Crippen MR) is 72.0 cm³/mol. The van der Waals surface area contributed by atoms with Crippen LogP contribution in [-0.4, -0.2) is 36.2 Å². The zero-order valence-electron chi connectivity index (χ0n) is 11.9. The Kier molecular flexibility index (Phi) is 2.72. The smallest absolute Gasteiger partial charge is 0.284 e. The van der Waals surface area contributed by atoms with Crippen molar-refractivity contribution in [1.82, 2.24) is 5.06 Å². The first-order valence-electron chi connectivity index (χ1n) is 6.33. The Balaban J connectivity index is 2.18. The SMILES string of the molecule is CON1C(=O)c2cc3c(cc2C1=NC(C)(C)C)OCO3. The fraction of sp³-hybridized carbons (Fsp3) is 0.429. The highest BCUT2D eigenvalue weighted by Gasteiger charge is 2.37. The molecule has 2 aliphatic rings. The first-order valence-corrected chi connectivity index (χ1v) is 6.33. The summed E-state index contributed by atoms with van der Waals surface area (Å²) in [5.74, 6) is 1.45. The van der Waals surface area contributed by atoms with E-state index in [0.29, 0.717) is 28.5 Å². The minimum atomic E-state index is -0.329. The zero-order valence-corrected chi connectivity index (χ0v) is 11.9. The lowest BCUT2D eigenvalue weighted by Gasteiger charge is -2.18. The molecule has 0 radical (unpaired) electrons. The summed E-state index contributed by atoms with van der Waals surface area (Å²) in [5.41, 5.74) is 0.889. The highest BCUT2D eigenvalue weighted by Crippen LogP contribution is 2.38. The molecule has 0 fully saturated rings. The van der Waals surface area contributed by atoms with Gasteiger partial charge in [0.25, 0.3) is 5.91 Å². The average molecular weight is 276 g/mol. The fourth-order valence-electron chi connectivity index (χ4n) is 2.21. The minimum absolute atomic E-state index is 0.173. The maximum atomic E-state index is 12.3. The highest BCUT2D eigenvalue weighted by atomic mass is 16.7. The lowest BCUT2D eigenvalue weighted by molar-refractivity contribution is -0.0375. The van der Waals surface area contributed by atoms with Crippen molar-refractivity contribution < 1.29 is 19.1 Å². The molecule has 106 valence electrons. The van der Waals surface area contributed by atoms with Gasteiger partial charge in [0.1, 0.15) is 0 Å². The number of benzene rings is 1. The van der Waals surface area contributed by atoms with E-state index in [4.69, 9.17) is 14.3 Å². The van der Waals surface area contributed by atoms with Crippen LogP contribution in [0.25, 0.3) is 0 Å². The number of nitrogens with zero attached hydrogens (tertiary/aromatic N) is 2. The van der Waals surface area contributed by atoms with Crippen LogP contribution in [0, 0.1) is 0 Å². The van der Waals surface area contributed by atoms with Crippen molar-refractivity contribution >= 4 is 11.7 Å². The van der Waals surface area contributed by atoms with E-state index in [9.17, 15) is 4.79 Å². The van der Waals surface area contributed by atoms with Crippen LogP contribution in [-0.2, 0) is 4.84 Å². The molecule has 1 aromatic carbocycles. The van der Waals surface area contributed by atoms with Crippen LogP contribution in [0.5, 0.6) is 11.5 Å². The van der Waals surface area contributed by atoms with Gasteiger partial charge in [-0.1, -0.05) is 0 Å². The van der Waals surface area contributed by atoms with Crippen LogP contribution in [0.15, 0.2) is 17.1 Å². The molecule has 0 unspecified atom stereocenters. The standard InChI is InChI=1S/C14H16N2O4/c1-14(2,3)15-12-8-5-10-11(20-7-19-10)6-9(8)13(17)16(12)18-4/h5-6H,7H2,1-4H3. The number of hydrogen-bond donors (Lipinski definition) is 0. The second-order valence-corrected chi connectivity index (χ2v) is 5.64. The molecule has 0 N–H and O–H groups in total. The second kappa shape index (κ2) is 4.21. The third-order valence-electron chi connectivity index (χ3n) is 2.98. The molecule has 1 amide bonds. The third-order valence-corrected chi connectivity index (χ3v) is 2.98. The molecule has 20 heavy (non-hydrogen) atoms. The normalized spacial score (nSPS) is 18.9. The van der Waals surface area contributed by atoms with E-state index < -0.39 is 0 Å². The molecule has 0 atom stereocenters. The largest absolute Gasteiger partial charge is 0.454 e. The Hall–Kier alpha value is -2.08. The van der Waals surface area contributed by atoms with Gasteiger partial charge in [-0.2, -0.15) is 5.06 Å². The molecule has 0 saturated carbocycles. The number of amides is 1. The molecule has 6 nitrogen and oxygen atoms in total. The van der Waals surface area contributed by atoms with Crippen LogP contribution >= 0.6 is 0 Å². The van der Waals surface area contributed by atoms with Crippen molar-refractivity contribution in [3.63, 3.8) is 0 Å². The lowest BCUT2D eigenvalue weighted by atomic mass is 10.1. The molecule has 3 rings (SSSR count). The third kappa shape index (κ3) is 1.92. The number of carbonyl (C=O) groups is 1. The average Bonchev–Trinajstić information content (AvgIpc) is 2.90. The summed E-state index contributed by atoms with van der Waals surface area (Å²) in [6.45, 7) is 6.06. The quantitative estimate of drug-likeness (QED) is 0.787. The molecule has 0 spiro atoms. The highest BCUT2D eigenvalue weighted by molar-refractivity contribution is 6.23. The number of hydroxylamine groups is 2. The summed E-state index contributed by atoms with van der Waals surface area (Å²) in [6, 6.07) is 3.45. The van der Waals surface area contributed by atoms with Gasteiger partial charge < -0.3 is 9.47 Å². The van der Waals surface area contributed by atoms with E-state index >= 15 is 0 Å². The van der Waals surface area contributed by atoms with Gasteiger partial charge in [-0.05, 0) is 32.9 Å². The van der Waals surface area contributed by atoms with Gasteiger partial charge in [0.2, 0.25) is 6.79 Å². The van der Waals surface area contributed by atoms with E-state index in [1.54, 1.807) is 12.1 Å². The van der Waals surface area contributed by atoms with Gasteiger partial charge in [0.05, 0.1) is 18.2 Å². The van der Waals surface area contributed by atoms with E-state index in [1.165, 1.54) is 12.2 Å². The molecule has 0 bridgehead atoms.